The summed E-state index contributed by atoms with van der Waals surface area (Å²) >= 11 is 0. The molecular formula is C24H54N2O2Si. The SMILES string of the molecule is NCCCCCCCCCCCC[Si](O)(O)CCCCCCCCCCCCN. The predicted molar refractivity (Wildman–Crippen MR) is 130 cm³/mol. The Morgan fingerprint density at radius 3 is 0.793 bits per heavy atom. The molecule has 0 amide bonds. The molecule has 5 heteroatoms. The summed E-state index contributed by atoms with van der Waals surface area (Å²) in [5.41, 5.74) is 11.0. The predicted octanol–water partition coefficient (Wildman–Crippen LogP) is 6.13. The average Bonchev–Trinajstić information content (AvgIpc) is 2.70. The molecule has 176 valence electrons. The zero-order valence-electron chi connectivity index (χ0n) is 19.5. The van der Waals surface area contributed by atoms with Crippen molar-refractivity contribution in [1.82, 2.24) is 0 Å². The molecule has 0 rings (SSSR count). The van der Waals surface area contributed by atoms with Gasteiger partial charge in [-0.1, -0.05) is 116 Å². The monoisotopic (exact) mass is 430 g/mol. The Kier molecular flexibility index (Phi) is 22.8. The molecule has 0 aliphatic heterocycles. The molecule has 0 saturated carbocycles. The molecule has 0 spiro atoms. The molecule has 0 unspecified atom stereocenters. The standard InChI is InChI=1S/C24H54N2O2Si/c25-21-17-13-9-5-1-3-7-11-15-19-23-29(27,28)24-20-16-12-8-4-2-6-10-14-18-22-26/h27-28H,1-26H2. The smallest absolute Gasteiger partial charge is 0.332 e. The lowest BCUT2D eigenvalue weighted by Gasteiger charge is -2.17. The van der Waals surface area contributed by atoms with E-state index in [1.807, 2.05) is 0 Å². The van der Waals surface area contributed by atoms with Gasteiger partial charge in [-0.2, -0.15) is 0 Å². The summed E-state index contributed by atoms with van der Waals surface area (Å²) < 4.78 is 0. The van der Waals surface area contributed by atoms with Gasteiger partial charge in [-0.3, -0.25) is 0 Å². The lowest BCUT2D eigenvalue weighted by molar-refractivity contribution is 0.350. The molecule has 0 radical (unpaired) electrons. The average molecular weight is 431 g/mol. The van der Waals surface area contributed by atoms with Crippen molar-refractivity contribution in [3.05, 3.63) is 0 Å². The van der Waals surface area contributed by atoms with Crippen molar-refractivity contribution in [1.29, 1.82) is 0 Å². The van der Waals surface area contributed by atoms with E-state index in [-0.39, 0.29) is 0 Å². The Morgan fingerprint density at radius 1 is 0.345 bits per heavy atom. The van der Waals surface area contributed by atoms with Crippen LogP contribution in [0.4, 0.5) is 0 Å². The van der Waals surface area contributed by atoms with Crippen LogP contribution >= 0.6 is 0 Å². The van der Waals surface area contributed by atoms with E-state index < -0.39 is 8.56 Å². The Morgan fingerprint density at radius 2 is 0.552 bits per heavy atom. The van der Waals surface area contributed by atoms with Gasteiger partial charge in [-0.25, -0.2) is 0 Å². The minimum Gasteiger partial charge on any atom is -0.411 e. The molecule has 0 heterocycles. The van der Waals surface area contributed by atoms with Crippen LogP contribution in [-0.2, 0) is 0 Å². The van der Waals surface area contributed by atoms with Crippen LogP contribution in [0.25, 0.3) is 0 Å². The molecular weight excluding hydrogens is 376 g/mol. The molecule has 4 nitrogen and oxygen atoms in total. The van der Waals surface area contributed by atoms with E-state index in [1.54, 1.807) is 0 Å². The third-order valence-electron chi connectivity index (χ3n) is 6.06. The molecule has 0 fully saturated rings. The minimum atomic E-state index is -2.91. The number of nitrogens with two attached hydrogens (primary N) is 2. The van der Waals surface area contributed by atoms with Gasteiger partial charge in [0.05, 0.1) is 0 Å². The highest BCUT2D eigenvalue weighted by Gasteiger charge is 2.27. The Balaban J connectivity index is 3.30. The van der Waals surface area contributed by atoms with Gasteiger partial charge < -0.3 is 21.1 Å². The maximum atomic E-state index is 10.3. The fraction of sp³-hybridized carbons (Fsp3) is 1.00. The van der Waals surface area contributed by atoms with E-state index in [9.17, 15) is 9.59 Å². The molecule has 0 saturated heterocycles. The van der Waals surface area contributed by atoms with Crippen molar-refractivity contribution in [3.63, 3.8) is 0 Å². The Bertz CT molecular complexity index is 289. The van der Waals surface area contributed by atoms with E-state index in [0.29, 0.717) is 12.1 Å². The second-order valence-corrected chi connectivity index (χ2v) is 12.1. The molecule has 0 aliphatic rings. The Hall–Kier alpha value is 0.0569. The van der Waals surface area contributed by atoms with Gasteiger partial charge in [0.15, 0.2) is 0 Å². The highest BCUT2D eigenvalue weighted by molar-refractivity contribution is 6.64. The molecule has 29 heavy (non-hydrogen) atoms. The van der Waals surface area contributed by atoms with Gasteiger partial charge >= 0.3 is 8.56 Å². The first-order valence-electron chi connectivity index (χ1n) is 13.0. The number of unbranched alkanes of at least 4 members (excludes halogenated alkanes) is 18. The van der Waals surface area contributed by atoms with Gasteiger partial charge in [0.25, 0.3) is 0 Å². The summed E-state index contributed by atoms with van der Waals surface area (Å²) in [5, 5.41) is 0. The zero-order chi connectivity index (χ0) is 21.5. The number of hydrogen-bond donors (Lipinski definition) is 4. The van der Waals surface area contributed by atoms with E-state index >= 15 is 0 Å². The largest absolute Gasteiger partial charge is 0.411 e. The number of rotatable bonds is 24. The molecule has 0 aromatic heterocycles. The van der Waals surface area contributed by atoms with Crippen LogP contribution in [-0.4, -0.2) is 31.2 Å². The van der Waals surface area contributed by atoms with Gasteiger partial charge in [-0.15, -0.1) is 0 Å². The van der Waals surface area contributed by atoms with Gasteiger partial charge in [0.1, 0.15) is 0 Å². The third kappa shape index (κ3) is 24.2. The van der Waals surface area contributed by atoms with E-state index in [0.717, 1.165) is 38.8 Å². The highest BCUT2D eigenvalue weighted by atomic mass is 28.4. The normalized spacial score (nSPS) is 12.0. The maximum Gasteiger partial charge on any atom is 0.332 e. The minimum absolute atomic E-state index is 0.675. The fourth-order valence-electron chi connectivity index (χ4n) is 4.06. The van der Waals surface area contributed by atoms with Crippen LogP contribution < -0.4 is 11.5 Å². The lowest BCUT2D eigenvalue weighted by atomic mass is 10.1. The molecule has 0 aliphatic carbocycles. The second-order valence-electron chi connectivity index (χ2n) is 9.13. The van der Waals surface area contributed by atoms with Crippen molar-refractivity contribution < 1.29 is 9.59 Å². The van der Waals surface area contributed by atoms with E-state index in [2.05, 4.69) is 0 Å². The van der Waals surface area contributed by atoms with Crippen molar-refractivity contribution in [2.75, 3.05) is 13.1 Å². The first-order valence-corrected chi connectivity index (χ1v) is 15.3. The Labute approximate surface area is 183 Å². The van der Waals surface area contributed by atoms with Gasteiger partial charge in [-0.05, 0) is 38.0 Å². The zero-order valence-corrected chi connectivity index (χ0v) is 20.5. The summed E-state index contributed by atoms with van der Waals surface area (Å²) in [6.45, 7) is 1.66. The third-order valence-corrected chi connectivity index (χ3v) is 8.37. The fourth-order valence-corrected chi connectivity index (χ4v) is 5.94. The van der Waals surface area contributed by atoms with Gasteiger partial charge in [0.2, 0.25) is 0 Å². The first-order chi connectivity index (χ1) is 14.1. The summed E-state index contributed by atoms with van der Waals surface area (Å²) in [5.74, 6) is 0. The summed E-state index contributed by atoms with van der Waals surface area (Å²) in [6, 6.07) is 1.35. The van der Waals surface area contributed by atoms with Crippen molar-refractivity contribution in [2.45, 2.75) is 141 Å². The summed E-state index contributed by atoms with van der Waals surface area (Å²) in [4.78, 5) is 20.6. The second kappa shape index (κ2) is 22.7. The number of hydrogen-bond acceptors (Lipinski definition) is 4. The van der Waals surface area contributed by atoms with Crippen LogP contribution in [0.15, 0.2) is 0 Å². The van der Waals surface area contributed by atoms with Crippen LogP contribution in [0.2, 0.25) is 12.1 Å². The topological polar surface area (TPSA) is 92.5 Å². The van der Waals surface area contributed by atoms with E-state index in [1.165, 1.54) is 103 Å². The van der Waals surface area contributed by atoms with Crippen LogP contribution in [0, 0.1) is 0 Å². The lowest BCUT2D eigenvalue weighted by Crippen LogP contribution is -2.33. The molecule has 6 N–H and O–H groups in total. The molecule has 0 aromatic rings. The molecule has 0 aromatic carbocycles. The molecule has 0 atom stereocenters. The van der Waals surface area contributed by atoms with Crippen LogP contribution in [0.1, 0.15) is 128 Å². The van der Waals surface area contributed by atoms with Gasteiger partial charge in [0, 0.05) is 0 Å². The van der Waals surface area contributed by atoms with E-state index in [4.69, 9.17) is 11.5 Å². The highest BCUT2D eigenvalue weighted by Crippen LogP contribution is 2.20. The van der Waals surface area contributed by atoms with Crippen LogP contribution in [0.5, 0.6) is 0 Å². The van der Waals surface area contributed by atoms with Crippen molar-refractivity contribution in [2.24, 2.45) is 11.5 Å². The maximum absolute atomic E-state index is 10.3. The first kappa shape index (κ1) is 29.1. The van der Waals surface area contributed by atoms with Crippen molar-refractivity contribution in [3.8, 4) is 0 Å². The van der Waals surface area contributed by atoms with Crippen molar-refractivity contribution >= 4 is 8.56 Å². The molecule has 0 bridgehead atoms. The summed E-state index contributed by atoms with van der Waals surface area (Å²) in [6.07, 6.45) is 25.0. The van der Waals surface area contributed by atoms with Crippen LogP contribution in [0.3, 0.4) is 0 Å². The summed E-state index contributed by atoms with van der Waals surface area (Å²) in [7, 11) is -2.91. The quantitative estimate of drug-likeness (QED) is 0.109.